The van der Waals surface area contributed by atoms with Crippen molar-refractivity contribution in [2.24, 2.45) is 0 Å². The number of alkyl carbamates (subject to hydrolysis) is 1. The van der Waals surface area contributed by atoms with Gasteiger partial charge in [0.1, 0.15) is 24.4 Å². The lowest BCUT2D eigenvalue weighted by molar-refractivity contribution is -0.154. The van der Waals surface area contributed by atoms with Crippen molar-refractivity contribution in [3.63, 3.8) is 0 Å². The van der Waals surface area contributed by atoms with Gasteiger partial charge in [-0.05, 0) is 43.1 Å². The van der Waals surface area contributed by atoms with E-state index < -0.39 is 66.7 Å². The summed E-state index contributed by atoms with van der Waals surface area (Å²) in [6.45, 7) is -2.70. The molecule has 1 heterocycles. The monoisotopic (exact) mass is 619 g/mol. The zero-order valence-corrected chi connectivity index (χ0v) is 22.9. The molecule has 236 valence electrons. The van der Waals surface area contributed by atoms with Crippen LogP contribution in [0.5, 0.6) is 11.5 Å². The summed E-state index contributed by atoms with van der Waals surface area (Å²) in [5.74, 6) is -1.87. The molecule has 0 bridgehead atoms. The van der Waals surface area contributed by atoms with Gasteiger partial charge in [-0.3, -0.25) is 9.69 Å². The largest absolute Gasteiger partial charge is 0.484 e. The number of benzene rings is 2. The lowest BCUT2D eigenvalue weighted by Gasteiger charge is -2.41. The van der Waals surface area contributed by atoms with Crippen molar-refractivity contribution < 1.29 is 54.9 Å². The molecule has 1 aliphatic heterocycles. The molecule has 0 aliphatic carbocycles. The lowest BCUT2D eigenvalue weighted by Crippen LogP contribution is -2.59. The molecular formula is C28H31F6N3O6. The topological polar surface area (TPSA) is 106 Å². The molecule has 2 aromatic rings. The Labute approximate surface area is 243 Å². The lowest BCUT2D eigenvalue weighted by atomic mass is 9.95. The second-order valence-corrected chi connectivity index (χ2v) is 9.69. The van der Waals surface area contributed by atoms with Crippen LogP contribution in [-0.2, 0) is 16.1 Å². The summed E-state index contributed by atoms with van der Waals surface area (Å²) in [5, 5.41) is 5.35. The van der Waals surface area contributed by atoms with Gasteiger partial charge in [-0.25, -0.2) is 4.79 Å². The Morgan fingerprint density at radius 3 is 2.35 bits per heavy atom. The maximum Gasteiger partial charge on any atom is 0.422 e. The van der Waals surface area contributed by atoms with E-state index in [0.29, 0.717) is 25.9 Å². The number of aldehydes is 1. The minimum atomic E-state index is -4.74. The summed E-state index contributed by atoms with van der Waals surface area (Å²) in [6, 6.07) is 10.6. The van der Waals surface area contributed by atoms with Crippen molar-refractivity contribution >= 4 is 18.3 Å². The number of nitrogens with one attached hydrogen (secondary N) is 2. The first kappa shape index (κ1) is 33.5. The summed E-state index contributed by atoms with van der Waals surface area (Å²) >= 11 is 0. The quantitative estimate of drug-likeness (QED) is 0.249. The maximum atomic E-state index is 13.2. The van der Waals surface area contributed by atoms with Gasteiger partial charge in [0, 0.05) is 31.6 Å². The molecule has 2 N–H and O–H groups in total. The fourth-order valence-electron chi connectivity index (χ4n) is 4.50. The molecule has 2 aromatic carbocycles. The van der Waals surface area contributed by atoms with E-state index >= 15 is 0 Å². The van der Waals surface area contributed by atoms with Crippen molar-refractivity contribution in [1.29, 1.82) is 0 Å². The molecule has 1 fully saturated rings. The normalized spacial score (nSPS) is 17.5. The minimum absolute atomic E-state index is 0.0170. The van der Waals surface area contributed by atoms with E-state index in [1.165, 1.54) is 0 Å². The Bertz CT molecular complexity index is 1210. The van der Waals surface area contributed by atoms with Crippen LogP contribution in [0.25, 0.3) is 0 Å². The van der Waals surface area contributed by atoms with Gasteiger partial charge >= 0.3 is 18.4 Å². The van der Waals surface area contributed by atoms with Crippen molar-refractivity contribution in [1.82, 2.24) is 15.5 Å². The third-order valence-electron chi connectivity index (χ3n) is 6.41. The van der Waals surface area contributed by atoms with Crippen LogP contribution in [0.3, 0.4) is 0 Å². The molecule has 0 spiro atoms. The standard InChI is InChI=1S/C28H31F6N3O6/c29-27(30,31)17-42-20-9-10-24(43-18-28(32,33)34)21(14-20)25(39)35-15-23-22(8-4-11-37(23)12-5-13-38)36-26(40)41-16-19-6-2-1-3-7-19/h1-3,6-7,9-10,13-14,22-23H,4-5,8,11-12,15-18H2,(H,35,39)(H,36,40). The number of hydrogen-bond donors (Lipinski definition) is 2. The first-order valence-electron chi connectivity index (χ1n) is 13.3. The van der Waals surface area contributed by atoms with Gasteiger partial charge in [-0.2, -0.15) is 26.3 Å². The summed E-state index contributed by atoms with van der Waals surface area (Å²) in [5.41, 5.74) is 0.286. The molecule has 1 saturated heterocycles. The smallest absolute Gasteiger partial charge is 0.422 e. The number of amides is 2. The molecule has 43 heavy (non-hydrogen) atoms. The SMILES string of the molecule is O=CCCN1CCCC(NC(=O)OCc2ccccc2)C1CNC(=O)c1cc(OCC(F)(F)F)ccc1OCC(F)(F)F. The van der Waals surface area contributed by atoms with E-state index in [-0.39, 0.29) is 19.6 Å². The number of ether oxygens (including phenoxy) is 3. The Morgan fingerprint density at radius 1 is 0.977 bits per heavy atom. The number of carbonyl (C=O) groups is 3. The van der Waals surface area contributed by atoms with E-state index in [1.54, 1.807) is 24.3 Å². The Kier molecular flexibility index (Phi) is 12.0. The molecule has 2 unspecified atom stereocenters. The number of nitrogens with zero attached hydrogens (tertiary/aromatic N) is 1. The van der Waals surface area contributed by atoms with Crippen LogP contribution in [0.4, 0.5) is 31.1 Å². The molecule has 9 nitrogen and oxygen atoms in total. The van der Waals surface area contributed by atoms with Crippen molar-refractivity contribution in [3.8, 4) is 11.5 Å². The molecule has 1 aliphatic rings. The van der Waals surface area contributed by atoms with Gasteiger partial charge in [0.25, 0.3) is 5.91 Å². The molecule has 2 amide bonds. The van der Waals surface area contributed by atoms with E-state index in [2.05, 4.69) is 15.4 Å². The number of piperidine rings is 1. The van der Waals surface area contributed by atoms with E-state index in [4.69, 9.17) is 9.47 Å². The molecule has 15 heteroatoms. The molecule has 3 rings (SSSR count). The summed E-state index contributed by atoms with van der Waals surface area (Å²) in [6.07, 6.45) is -8.10. The molecule has 0 aromatic heterocycles. The molecule has 2 atom stereocenters. The number of alkyl halides is 6. The minimum Gasteiger partial charge on any atom is -0.484 e. The fourth-order valence-corrected chi connectivity index (χ4v) is 4.50. The summed E-state index contributed by atoms with van der Waals surface area (Å²) in [7, 11) is 0. The average Bonchev–Trinajstić information content (AvgIpc) is 2.96. The average molecular weight is 620 g/mol. The zero-order chi connectivity index (χ0) is 31.5. The van der Waals surface area contributed by atoms with E-state index in [0.717, 1.165) is 30.0 Å². The van der Waals surface area contributed by atoms with Crippen LogP contribution in [0.2, 0.25) is 0 Å². The molecular weight excluding hydrogens is 588 g/mol. The second-order valence-electron chi connectivity index (χ2n) is 9.69. The third-order valence-corrected chi connectivity index (χ3v) is 6.41. The maximum absolute atomic E-state index is 13.2. The molecule has 0 saturated carbocycles. The van der Waals surface area contributed by atoms with Gasteiger partial charge in [-0.15, -0.1) is 0 Å². The van der Waals surface area contributed by atoms with Crippen molar-refractivity contribution in [2.75, 3.05) is 32.8 Å². The zero-order valence-electron chi connectivity index (χ0n) is 22.9. The van der Waals surface area contributed by atoms with Crippen molar-refractivity contribution in [2.45, 2.75) is 50.3 Å². The highest BCUT2D eigenvalue weighted by molar-refractivity contribution is 5.97. The number of halogens is 6. The molecule has 0 radical (unpaired) electrons. The third kappa shape index (κ3) is 11.7. The van der Waals surface area contributed by atoms with E-state index in [1.807, 2.05) is 11.0 Å². The van der Waals surface area contributed by atoms with Gasteiger partial charge < -0.3 is 29.6 Å². The second kappa shape index (κ2) is 15.5. The van der Waals surface area contributed by atoms with Gasteiger partial charge in [-0.1, -0.05) is 30.3 Å². The van der Waals surface area contributed by atoms with Gasteiger partial charge in [0.05, 0.1) is 5.56 Å². The number of likely N-dealkylation sites (tertiary alicyclic amines) is 1. The highest BCUT2D eigenvalue weighted by atomic mass is 19.4. The first-order chi connectivity index (χ1) is 20.3. The van der Waals surface area contributed by atoms with Crippen LogP contribution < -0.4 is 20.1 Å². The van der Waals surface area contributed by atoms with Gasteiger partial charge in [0.15, 0.2) is 13.2 Å². The first-order valence-corrected chi connectivity index (χ1v) is 13.3. The number of hydrogen-bond acceptors (Lipinski definition) is 7. The van der Waals surface area contributed by atoms with Crippen molar-refractivity contribution in [3.05, 3.63) is 59.7 Å². The van der Waals surface area contributed by atoms with Crippen LogP contribution >= 0.6 is 0 Å². The fraction of sp³-hybridized carbons (Fsp3) is 0.464. The van der Waals surface area contributed by atoms with Crippen LogP contribution in [0.15, 0.2) is 48.5 Å². The Morgan fingerprint density at radius 2 is 1.67 bits per heavy atom. The number of carbonyl (C=O) groups excluding carboxylic acids is 3. The van der Waals surface area contributed by atoms with Gasteiger partial charge in [0.2, 0.25) is 0 Å². The summed E-state index contributed by atoms with van der Waals surface area (Å²) < 4.78 is 90.9. The summed E-state index contributed by atoms with van der Waals surface area (Å²) in [4.78, 5) is 38.7. The van der Waals surface area contributed by atoms with Crippen LogP contribution in [-0.4, -0.2) is 80.5 Å². The predicted octanol–water partition coefficient (Wildman–Crippen LogP) is 4.65. The highest BCUT2D eigenvalue weighted by Gasteiger charge is 2.34. The van der Waals surface area contributed by atoms with Crippen LogP contribution in [0, 0.1) is 0 Å². The van der Waals surface area contributed by atoms with E-state index in [9.17, 15) is 40.7 Å². The predicted molar refractivity (Wildman–Crippen MR) is 141 cm³/mol. The van der Waals surface area contributed by atoms with Crippen LogP contribution in [0.1, 0.15) is 35.2 Å². The number of rotatable bonds is 13. The Hall–Kier alpha value is -4.01. The Balaban J connectivity index is 1.74. The highest BCUT2D eigenvalue weighted by Crippen LogP contribution is 2.28.